The zero-order valence-corrected chi connectivity index (χ0v) is 15.3. The number of hydrogen-bond acceptors (Lipinski definition) is 6. The number of rotatable bonds is 6. The third-order valence-corrected chi connectivity index (χ3v) is 5.59. The van der Waals surface area contributed by atoms with Gasteiger partial charge >= 0.3 is 0 Å². The van der Waals surface area contributed by atoms with Gasteiger partial charge in [-0.25, -0.2) is 15.0 Å². The van der Waals surface area contributed by atoms with Crippen LogP contribution in [0.15, 0.2) is 17.6 Å². The van der Waals surface area contributed by atoms with Crippen molar-refractivity contribution in [2.24, 2.45) is 0 Å². The average molecular weight is 357 g/mol. The second kappa shape index (κ2) is 7.07. The van der Waals surface area contributed by atoms with Gasteiger partial charge in [0.05, 0.1) is 10.7 Å². The van der Waals surface area contributed by atoms with E-state index in [-0.39, 0.29) is 11.9 Å². The number of nitrogens with one attached hydrogen (secondary N) is 1. The van der Waals surface area contributed by atoms with Gasteiger partial charge in [0.1, 0.15) is 0 Å². The molecule has 1 saturated heterocycles. The number of carbonyl (C=O) groups excluding carboxylic acids is 1. The molecule has 2 fully saturated rings. The minimum absolute atomic E-state index is 0.102. The Balaban J connectivity index is 1.27. The van der Waals surface area contributed by atoms with Crippen molar-refractivity contribution < 1.29 is 4.79 Å². The molecule has 2 aromatic rings. The van der Waals surface area contributed by atoms with E-state index < -0.39 is 0 Å². The van der Waals surface area contributed by atoms with E-state index in [2.05, 4.69) is 20.2 Å². The van der Waals surface area contributed by atoms with Crippen molar-refractivity contribution in [1.29, 1.82) is 0 Å². The molecule has 1 aliphatic heterocycles. The number of carbonyl (C=O) groups is 1. The Morgan fingerprint density at radius 1 is 1.36 bits per heavy atom. The highest BCUT2D eigenvalue weighted by molar-refractivity contribution is 7.09. The van der Waals surface area contributed by atoms with Crippen LogP contribution in [0.4, 0.5) is 5.95 Å². The monoisotopic (exact) mass is 357 g/mol. The van der Waals surface area contributed by atoms with Crippen LogP contribution in [0.25, 0.3) is 0 Å². The normalized spacial score (nSPS) is 20.0. The van der Waals surface area contributed by atoms with Crippen molar-refractivity contribution >= 4 is 23.2 Å². The molecule has 0 spiro atoms. The van der Waals surface area contributed by atoms with E-state index in [1.54, 1.807) is 11.3 Å². The van der Waals surface area contributed by atoms with Gasteiger partial charge in [0.25, 0.3) is 0 Å². The van der Waals surface area contributed by atoms with Gasteiger partial charge < -0.3 is 10.2 Å². The fourth-order valence-electron chi connectivity index (χ4n) is 3.24. The van der Waals surface area contributed by atoms with Gasteiger partial charge in [-0.1, -0.05) is 0 Å². The minimum Gasteiger partial charge on any atom is -0.352 e. The SMILES string of the molecule is Cc1nc(CCC(=O)NC2CCN(c3nccc(C4CC4)n3)C2)cs1. The summed E-state index contributed by atoms with van der Waals surface area (Å²) < 4.78 is 0. The average Bonchev–Trinajstić information content (AvgIpc) is 3.23. The van der Waals surface area contributed by atoms with E-state index >= 15 is 0 Å². The molecule has 0 aromatic carbocycles. The first-order chi connectivity index (χ1) is 12.2. The van der Waals surface area contributed by atoms with E-state index in [0.29, 0.717) is 18.8 Å². The first kappa shape index (κ1) is 16.4. The second-order valence-electron chi connectivity index (χ2n) is 6.91. The van der Waals surface area contributed by atoms with Crippen LogP contribution in [0.5, 0.6) is 0 Å². The third kappa shape index (κ3) is 4.15. The largest absolute Gasteiger partial charge is 0.352 e. The molecule has 3 heterocycles. The van der Waals surface area contributed by atoms with Crippen molar-refractivity contribution in [3.8, 4) is 0 Å². The number of thiazole rings is 1. The molecule has 1 saturated carbocycles. The van der Waals surface area contributed by atoms with Crippen molar-refractivity contribution in [2.45, 2.75) is 51.0 Å². The molecule has 1 atom stereocenters. The van der Waals surface area contributed by atoms with Gasteiger partial charge in [0.15, 0.2) is 0 Å². The quantitative estimate of drug-likeness (QED) is 0.860. The first-order valence-electron chi connectivity index (χ1n) is 8.95. The Morgan fingerprint density at radius 3 is 3.00 bits per heavy atom. The first-order valence-corrected chi connectivity index (χ1v) is 9.83. The molecular weight excluding hydrogens is 334 g/mol. The number of anilines is 1. The van der Waals surface area contributed by atoms with E-state index in [1.807, 2.05) is 24.6 Å². The molecule has 1 aliphatic carbocycles. The molecule has 4 rings (SSSR count). The van der Waals surface area contributed by atoms with Gasteiger partial charge in [-0.2, -0.15) is 0 Å². The topological polar surface area (TPSA) is 71.0 Å². The van der Waals surface area contributed by atoms with E-state index in [0.717, 1.165) is 41.9 Å². The van der Waals surface area contributed by atoms with Crippen molar-refractivity contribution in [1.82, 2.24) is 20.3 Å². The van der Waals surface area contributed by atoms with Gasteiger partial charge in [-0.05, 0) is 38.7 Å². The lowest BCUT2D eigenvalue weighted by atomic mass is 10.2. The Kier molecular flexibility index (Phi) is 4.65. The summed E-state index contributed by atoms with van der Waals surface area (Å²) in [5.74, 6) is 1.54. The molecule has 1 N–H and O–H groups in total. The van der Waals surface area contributed by atoms with Crippen LogP contribution < -0.4 is 10.2 Å². The molecular formula is C18H23N5OS. The number of aryl methyl sites for hydroxylation is 2. The Labute approximate surface area is 151 Å². The number of aromatic nitrogens is 3. The van der Waals surface area contributed by atoms with Crippen LogP contribution in [0.1, 0.15) is 48.0 Å². The highest BCUT2D eigenvalue weighted by atomic mass is 32.1. The van der Waals surface area contributed by atoms with Gasteiger partial charge in [-0.15, -0.1) is 11.3 Å². The standard InChI is InChI=1S/C18H23N5OS/c1-12-20-15(11-25-12)4-5-17(24)21-14-7-9-23(10-14)18-19-8-6-16(22-18)13-2-3-13/h6,8,11,13-14H,2-5,7,9-10H2,1H3,(H,21,24). The summed E-state index contributed by atoms with van der Waals surface area (Å²) in [5.41, 5.74) is 2.17. The van der Waals surface area contributed by atoms with Crippen LogP contribution in [0.3, 0.4) is 0 Å². The molecule has 25 heavy (non-hydrogen) atoms. The van der Waals surface area contributed by atoms with Gasteiger partial charge in [0.2, 0.25) is 11.9 Å². The van der Waals surface area contributed by atoms with Crippen molar-refractivity contribution in [2.75, 3.05) is 18.0 Å². The zero-order chi connectivity index (χ0) is 17.2. The molecule has 0 radical (unpaired) electrons. The van der Waals surface area contributed by atoms with Crippen LogP contribution in [-0.2, 0) is 11.2 Å². The maximum absolute atomic E-state index is 12.2. The van der Waals surface area contributed by atoms with Crippen LogP contribution in [0, 0.1) is 6.92 Å². The summed E-state index contributed by atoms with van der Waals surface area (Å²) in [4.78, 5) is 27.9. The van der Waals surface area contributed by atoms with Crippen LogP contribution in [-0.4, -0.2) is 40.0 Å². The number of hydrogen-bond donors (Lipinski definition) is 1. The van der Waals surface area contributed by atoms with E-state index in [4.69, 9.17) is 4.98 Å². The third-order valence-electron chi connectivity index (χ3n) is 4.77. The molecule has 1 unspecified atom stereocenters. The summed E-state index contributed by atoms with van der Waals surface area (Å²) in [6.45, 7) is 3.67. The van der Waals surface area contributed by atoms with Crippen LogP contribution >= 0.6 is 11.3 Å². The summed E-state index contributed by atoms with van der Waals surface area (Å²) in [6, 6.07) is 2.20. The van der Waals surface area contributed by atoms with Crippen molar-refractivity contribution in [3.05, 3.63) is 34.0 Å². The summed E-state index contributed by atoms with van der Waals surface area (Å²) in [5, 5.41) is 6.23. The lowest BCUT2D eigenvalue weighted by Crippen LogP contribution is -2.37. The maximum Gasteiger partial charge on any atom is 0.225 e. The molecule has 1 amide bonds. The van der Waals surface area contributed by atoms with Crippen molar-refractivity contribution in [3.63, 3.8) is 0 Å². The van der Waals surface area contributed by atoms with Crippen LogP contribution in [0.2, 0.25) is 0 Å². The predicted molar refractivity (Wildman–Crippen MR) is 97.9 cm³/mol. The molecule has 2 aliphatic rings. The Morgan fingerprint density at radius 2 is 2.24 bits per heavy atom. The number of amides is 1. The van der Waals surface area contributed by atoms with Gasteiger partial charge in [-0.3, -0.25) is 4.79 Å². The zero-order valence-electron chi connectivity index (χ0n) is 14.4. The minimum atomic E-state index is 0.102. The Hall–Kier alpha value is -2.02. The Bertz CT molecular complexity index is 757. The van der Waals surface area contributed by atoms with E-state index in [1.165, 1.54) is 12.8 Å². The summed E-state index contributed by atoms with van der Waals surface area (Å²) in [6.07, 6.45) is 6.49. The predicted octanol–water partition coefficient (Wildman–Crippen LogP) is 2.45. The van der Waals surface area contributed by atoms with Gasteiger partial charge in [0, 0.05) is 48.7 Å². The molecule has 2 aromatic heterocycles. The highest BCUT2D eigenvalue weighted by Crippen LogP contribution is 2.39. The highest BCUT2D eigenvalue weighted by Gasteiger charge is 2.28. The van der Waals surface area contributed by atoms with E-state index in [9.17, 15) is 4.79 Å². The lowest BCUT2D eigenvalue weighted by molar-refractivity contribution is -0.121. The lowest BCUT2D eigenvalue weighted by Gasteiger charge is -2.17. The molecule has 0 bridgehead atoms. The summed E-state index contributed by atoms with van der Waals surface area (Å²) in [7, 11) is 0. The number of nitrogens with zero attached hydrogens (tertiary/aromatic N) is 4. The molecule has 6 nitrogen and oxygen atoms in total. The fourth-order valence-corrected chi connectivity index (χ4v) is 3.89. The fraction of sp³-hybridized carbons (Fsp3) is 0.556. The molecule has 132 valence electrons. The second-order valence-corrected chi connectivity index (χ2v) is 7.97. The smallest absolute Gasteiger partial charge is 0.225 e. The maximum atomic E-state index is 12.2. The summed E-state index contributed by atoms with van der Waals surface area (Å²) >= 11 is 1.63. The molecule has 7 heteroatoms.